The van der Waals surface area contributed by atoms with Crippen LogP contribution in [0.2, 0.25) is 0 Å². The number of amides is 3. The molecule has 0 radical (unpaired) electrons. The number of fused-ring (bicyclic) bond motifs is 4. The van der Waals surface area contributed by atoms with E-state index < -0.39 is 5.66 Å². The molecule has 2 aromatic rings. The van der Waals surface area contributed by atoms with E-state index in [0.29, 0.717) is 56.6 Å². The number of carbonyl (C=O) groups is 3. The average molecular weight is 447 g/mol. The number of hydrogen-bond donors (Lipinski definition) is 0. The Kier molecular flexibility index (Phi) is 5.35. The van der Waals surface area contributed by atoms with Gasteiger partial charge in [0.2, 0.25) is 11.8 Å². The van der Waals surface area contributed by atoms with Crippen molar-refractivity contribution in [2.24, 2.45) is 0 Å². The maximum atomic E-state index is 13.4. The second-order valence-electron chi connectivity index (χ2n) is 9.39. The smallest absolute Gasteiger partial charge is 0.257 e. The summed E-state index contributed by atoms with van der Waals surface area (Å²) >= 11 is 0. The zero-order valence-electron chi connectivity index (χ0n) is 19.3. The van der Waals surface area contributed by atoms with Crippen molar-refractivity contribution in [1.82, 2.24) is 9.80 Å². The molecule has 0 aromatic heterocycles. The highest BCUT2D eigenvalue weighted by Crippen LogP contribution is 2.44. The van der Waals surface area contributed by atoms with Crippen LogP contribution in [0.1, 0.15) is 48.5 Å². The molecule has 3 aliphatic rings. The molecule has 1 saturated heterocycles. The lowest BCUT2D eigenvalue weighted by molar-refractivity contribution is -0.132. The predicted molar refractivity (Wildman–Crippen MR) is 127 cm³/mol. The minimum absolute atomic E-state index is 0.0471. The Bertz CT molecular complexity index is 1120. The lowest BCUT2D eigenvalue weighted by Gasteiger charge is -2.48. The quantitative estimate of drug-likeness (QED) is 0.723. The normalized spacial score (nSPS) is 22.1. The van der Waals surface area contributed by atoms with Crippen LogP contribution < -0.4 is 9.80 Å². The fourth-order valence-corrected chi connectivity index (χ4v) is 5.49. The van der Waals surface area contributed by atoms with Crippen LogP contribution in [0.5, 0.6) is 0 Å². The largest absolute Gasteiger partial charge is 0.373 e. The molecule has 0 N–H and O–H groups in total. The van der Waals surface area contributed by atoms with Gasteiger partial charge < -0.3 is 14.7 Å². The van der Waals surface area contributed by atoms with Crippen molar-refractivity contribution in [1.29, 1.82) is 0 Å². The van der Waals surface area contributed by atoms with Crippen LogP contribution in [-0.2, 0) is 16.1 Å². The molecule has 0 saturated carbocycles. The Morgan fingerprint density at radius 1 is 1.00 bits per heavy atom. The molecule has 0 spiro atoms. The van der Waals surface area contributed by atoms with Crippen LogP contribution in [0, 0.1) is 0 Å². The third-order valence-corrected chi connectivity index (χ3v) is 7.34. The summed E-state index contributed by atoms with van der Waals surface area (Å²) in [5, 5.41) is 0. The number of nitrogens with zero attached hydrogens (tertiary/aromatic N) is 4. The van der Waals surface area contributed by atoms with Gasteiger partial charge in [0.15, 0.2) is 0 Å². The number of benzene rings is 2. The Morgan fingerprint density at radius 2 is 1.73 bits per heavy atom. The summed E-state index contributed by atoms with van der Waals surface area (Å²) in [5.41, 5.74) is 2.91. The Labute approximate surface area is 194 Å². The van der Waals surface area contributed by atoms with E-state index in [1.807, 2.05) is 42.2 Å². The number of rotatable bonds is 4. The van der Waals surface area contributed by atoms with Crippen LogP contribution in [0.15, 0.2) is 48.5 Å². The van der Waals surface area contributed by atoms with Gasteiger partial charge in [0, 0.05) is 51.8 Å². The molecule has 0 aliphatic carbocycles. The first-order valence-corrected chi connectivity index (χ1v) is 11.7. The summed E-state index contributed by atoms with van der Waals surface area (Å²) in [6, 6.07) is 15.5. The fraction of sp³-hybridized carbons (Fsp3) is 0.423. The highest BCUT2D eigenvalue weighted by atomic mass is 16.2. The van der Waals surface area contributed by atoms with Gasteiger partial charge in [-0.1, -0.05) is 30.3 Å². The molecular weight excluding hydrogens is 416 g/mol. The van der Waals surface area contributed by atoms with Crippen molar-refractivity contribution in [3.63, 3.8) is 0 Å². The molecule has 7 heteroatoms. The van der Waals surface area contributed by atoms with Gasteiger partial charge in [0.1, 0.15) is 5.66 Å². The van der Waals surface area contributed by atoms with Crippen LogP contribution in [0.3, 0.4) is 0 Å². The minimum Gasteiger partial charge on any atom is -0.373 e. The summed E-state index contributed by atoms with van der Waals surface area (Å²) in [6.45, 7) is 4.49. The average Bonchev–Trinajstić information content (AvgIpc) is 3.02. The van der Waals surface area contributed by atoms with Crippen molar-refractivity contribution < 1.29 is 14.4 Å². The molecule has 33 heavy (non-hydrogen) atoms. The van der Waals surface area contributed by atoms with Crippen LogP contribution in [-0.4, -0.2) is 59.9 Å². The topological polar surface area (TPSA) is 64.2 Å². The Balaban J connectivity index is 1.28. The van der Waals surface area contributed by atoms with Crippen molar-refractivity contribution in [3.8, 4) is 0 Å². The standard InChI is InChI=1S/C26H30N4O3/c1-26-14-13-24(32)30(26)22-11-6-4-9-20(22)25(33)29(26)15-7-12-23(31)28-17-16-27(2)21-10-5-3-8-19(21)18-28/h3-6,8-11H,7,12-18H2,1-2H3. The van der Waals surface area contributed by atoms with E-state index >= 15 is 0 Å². The summed E-state index contributed by atoms with van der Waals surface area (Å²) in [7, 11) is 2.06. The second-order valence-corrected chi connectivity index (χ2v) is 9.39. The molecule has 1 fully saturated rings. The minimum atomic E-state index is -0.671. The summed E-state index contributed by atoms with van der Waals surface area (Å²) in [6.07, 6.45) is 1.98. The molecule has 1 atom stereocenters. The number of carbonyl (C=O) groups excluding carboxylic acids is 3. The van der Waals surface area contributed by atoms with E-state index in [-0.39, 0.29) is 17.7 Å². The van der Waals surface area contributed by atoms with Gasteiger partial charge in [0.25, 0.3) is 5.91 Å². The van der Waals surface area contributed by atoms with E-state index in [2.05, 4.69) is 24.1 Å². The first-order valence-electron chi connectivity index (χ1n) is 11.7. The van der Waals surface area contributed by atoms with Gasteiger partial charge in [-0.25, -0.2) is 0 Å². The van der Waals surface area contributed by atoms with Gasteiger partial charge in [-0.05, 0) is 43.5 Å². The number of likely N-dealkylation sites (N-methyl/N-ethyl adjacent to an activating group) is 1. The second kappa shape index (κ2) is 8.21. The summed E-state index contributed by atoms with van der Waals surface area (Å²) in [4.78, 5) is 46.8. The molecule has 5 rings (SSSR count). The number of hydrogen-bond acceptors (Lipinski definition) is 4. The van der Waals surface area contributed by atoms with E-state index in [1.54, 1.807) is 15.9 Å². The lowest BCUT2D eigenvalue weighted by atomic mass is 9.98. The number of para-hydroxylation sites is 2. The van der Waals surface area contributed by atoms with Crippen molar-refractivity contribution >= 4 is 29.1 Å². The fourth-order valence-electron chi connectivity index (χ4n) is 5.49. The van der Waals surface area contributed by atoms with Crippen LogP contribution >= 0.6 is 0 Å². The van der Waals surface area contributed by atoms with E-state index in [1.165, 1.54) is 5.69 Å². The highest BCUT2D eigenvalue weighted by molar-refractivity contribution is 6.10. The maximum Gasteiger partial charge on any atom is 0.257 e. The molecule has 3 aliphatic heterocycles. The molecule has 1 unspecified atom stereocenters. The lowest BCUT2D eigenvalue weighted by Crippen LogP contribution is -2.62. The zero-order chi connectivity index (χ0) is 23.2. The number of anilines is 2. The summed E-state index contributed by atoms with van der Waals surface area (Å²) < 4.78 is 0. The Hall–Kier alpha value is -3.35. The molecular formula is C26H30N4O3. The SMILES string of the molecule is CN1CCN(C(=O)CCCN2C(=O)c3ccccc3N3C(=O)CCC23C)Cc2ccccc21. The highest BCUT2D eigenvalue weighted by Gasteiger charge is 2.52. The van der Waals surface area contributed by atoms with Gasteiger partial charge >= 0.3 is 0 Å². The van der Waals surface area contributed by atoms with Crippen molar-refractivity contribution in [2.45, 2.75) is 44.8 Å². The molecule has 0 bridgehead atoms. The van der Waals surface area contributed by atoms with Crippen molar-refractivity contribution in [2.75, 3.05) is 36.5 Å². The van der Waals surface area contributed by atoms with Crippen molar-refractivity contribution in [3.05, 3.63) is 59.7 Å². The third-order valence-electron chi connectivity index (χ3n) is 7.34. The molecule has 2 aromatic carbocycles. The summed E-state index contributed by atoms with van der Waals surface area (Å²) in [5.74, 6) is 0.0946. The molecule has 172 valence electrons. The zero-order valence-corrected chi connectivity index (χ0v) is 19.3. The predicted octanol–water partition coefficient (Wildman–Crippen LogP) is 3.24. The van der Waals surface area contributed by atoms with Gasteiger partial charge in [-0.2, -0.15) is 0 Å². The monoisotopic (exact) mass is 446 g/mol. The van der Waals surface area contributed by atoms with E-state index in [9.17, 15) is 14.4 Å². The molecule has 3 heterocycles. The first kappa shape index (κ1) is 21.5. The maximum absolute atomic E-state index is 13.4. The van der Waals surface area contributed by atoms with E-state index in [4.69, 9.17) is 0 Å². The van der Waals surface area contributed by atoms with Crippen LogP contribution in [0.4, 0.5) is 11.4 Å². The first-order chi connectivity index (χ1) is 15.9. The van der Waals surface area contributed by atoms with E-state index in [0.717, 1.165) is 12.1 Å². The van der Waals surface area contributed by atoms with Crippen LogP contribution in [0.25, 0.3) is 0 Å². The van der Waals surface area contributed by atoms with Gasteiger partial charge in [-0.15, -0.1) is 0 Å². The van der Waals surface area contributed by atoms with Gasteiger partial charge in [-0.3, -0.25) is 19.3 Å². The molecule has 7 nitrogen and oxygen atoms in total. The molecule has 3 amide bonds. The van der Waals surface area contributed by atoms with Gasteiger partial charge in [0.05, 0.1) is 11.3 Å². The third kappa shape index (κ3) is 3.56. The Morgan fingerprint density at radius 3 is 2.55 bits per heavy atom.